The molecule has 120 valence electrons. The van der Waals surface area contributed by atoms with E-state index < -0.39 is 16.7 Å². The molecular weight excluding hydrogens is 310 g/mol. The Morgan fingerprint density at radius 3 is 2.46 bits per heavy atom. The van der Waals surface area contributed by atoms with E-state index in [0.29, 0.717) is 22.4 Å². The first-order chi connectivity index (χ1) is 11.5. The van der Waals surface area contributed by atoms with E-state index in [-0.39, 0.29) is 11.3 Å². The van der Waals surface area contributed by atoms with Crippen molar-refractivity contribution in [1.29, 1.82) is 0 Å². The second-order valence-electron chi connectivity index (χ2n) is 5.17. The maximum Gasteiger partial charge on any atom is 0.292 e. The zero-order valence-corrected chi connectivity index (χ0v) is 12.7. The molecule has 2 N–H and O–H groups in total. The van der Waals surface area contributed by atoms with E-state index in [9.17, 15) is 19.7 Å². The first kappa shape index (κ1) is 15.4. The lowest BCUT2D eigenvalue weighted by atomic mass is 9.93. The van der Waals surface area contributed by atoms with Gasteiger partial charge in [0.2, 0.25) is 0 Å². The fraction of sp³-hybridized carbons (Fsp3) is 0.0588. The SMILES string of the molecule is CNc1ccc(C=C2C(=O)NC(=O)c3ccccc32)cc1[N+](=O)[O-]. The zero-order chi connectivity index (χ0) is 17.3. The number of benzene rings is 2. The number of hydrogen-bond acceptors (Lipinski definition) is 5. The Kier molecular flexibility index (Phi) is 3.83. The second-order valence-corrected chi connectivity index (χ2v) is 5.17. The van der Waals surface area contributed by atoms with E-state index in [1.165, 1.54) is 12.1 Å². The van der Waals surface area contributed by atoms with Gasteiger partial charge >= 0.3 is 0 Å². The van der Waals surface area contributed by atoms with E-state index in [1.807, 2.05) is 0 Å². The molecule has 0 spiro atoms. The first-order valence-electron chi connectivity index (χ1n) is 7.14. The summed E-state index contributed by atoms with van der Waals surface area (Å²) in [6, 6.07) is 11.3. The summed E-state index contributed by atoms with van der Waals surface area (Å²) >= 11 is 0. The number of carbonyl (C=O) groups is 2. The second kappa shape index (κ2) is 5.96. The molecule has 1 aliphatic heterocycles. The molecule has 0 saturated carbocycles. The van der Waals surface area contributed by atoms with Gasteiger partial charge in [0.05, 0.1) is 4.92 Å². The molecule has 0 saturated heterocycles. The summed E-state index contributed by atoms with van der Waals surface area (Å²) in [6.45, 7) is 0. The maximum atomic E-state index is 12.2. The molecule has 0 aliphatic carbocycles. The highest BCUT2D eigenvalue weighted by molar-refractivity contribution is 6.33. The van der Waals surface area contributed by atoms with Crippen molar-refractivity contribution in [1.82, 2.24) is 5.32 Å². The van der Waals surface area contributed by atoms with Crippen molar-refractivity contribution in [2.24, 2.45) is 0 Å². The summed E-state index contributed by atoms with van der Waals surface area (Å²) < 4.78 is 0. The fourth-order valence-corrected chi connectivity index (χ4v) is 2.59. The molecule has 1 heterocycles. The Labute approximate surface area is 137 Å². The van der Waals surface area contributed by atoms with Crippen LogP contribution in [0.3, 0.4) is 0 Å². The van der Waals surface area contributed by atoms with Crippen LogP contribution in [-0.2, 0) is 4.79 Å². The lowest BCUT2D eigenvalue weighted by Gasteiger charge is -2.18. The van der Waals surface area contributed by atoms with Gasteiger partial charge in [0.1, 0.15) is 5.69 Å². The number of fused-ring (bicyclic) bond motifs is 1. The molecular formula is C17H13N3O4. The average molecular weight is 323 g/mol. The van der Waals surface area contributed by atoms with E-state index in [0.717, 1.165) is 0 Å². The van der Waals surface area contributed by atoms with Crippen LogP contribution in [0.1, 0.15) is 21.5 Å². The lowest BCUT2D eigenvalue weighted by Crippen LogP contribution is -2.36. The predicted octanol–water partition coefficient (Wildman–Crippen LogP) is 2.45. The molecule has 1 aliphatic rings. The predicted molar refractivity (Wildman–Crippen MR) is 89.4 cm³/mol. The third-order valence-corrected chi connectivity index (χ3v) is 3.73. The monoisotopic (exact) mass is 323 g/mol. The fourth-order valence-electron chi connectivity index (χ4n) is 2.59. The molecule has 0 fully saturated rings. The highest BCUT2D eigenvalue weighted by Gasteiger charge is 2.26. The number of nitrogens with zero attached hydrogens (tertiary/aromatic N) is 1. The molecule has 0 bridgehead atoms. The topological polar surface area (TPSA) is 101 Å². The molecule has 2 amide bonds. The number of carbonyl (C=O) groups excluding carboxylic acids is 2. The summed E-state index contributed by atoms with van der Waals surface area (Å²) in [6.07, 6.45) is 1.53. The Bertz CT molecular complexity index is 902. The summed E-state index contributed by atoms with van der Waals surface area (Å²) in [7, 11) is 1.59. The smallest absolute Gasteiger partial charge is 0.292 e. The van der Waals surface area contributed by atoms with E-state index in [1.54, 1.807) is 43.4 Å². The normalized spacial score (nSPS) is 15.0. The van der Waals surface area contributed by atoms with E-state index >= 15 is 0 Å². The van der Waals surface area contributed by atoms with E-state index in [2.05, 4.69) is 10.6 Å². The summed E-state index contributed by atoms with van der Waals surface area (Å²) in [5.74, 6) is -0.983. The summed E-state index contributed by atoms with van der Waals surface area (Å²) in [5.41, 5.74) is 1.97. The molecule has 24 heavy (non-hydrogen) atoms. The van der Waals surface area contributed by atoms with Gasteiger partial charge in [-0.15, -0.1) is 0 Å². The molecule has 0 atom stereocenters. The van der Waals surface area contributed by atoms with Crippen molar-refractivity contribution in [3.8, 4) is 0 Å². The molecule has 0 radical (unpaired) electrons. The van der Waals surface area contributed by atoms with Crippen LogP contribution >= 0.6 is 0 Å². The van der Waals surface area contributed by atoms with Gasteiger partial charge in [0.15, 0.2) is 0 Å². The van der Waals surface area contributed by atoms with Crippen LogP contribution in [0, 0.1) is 10.1 Å². The van der Waals surface area contributed by atoms with E-state index in [4.69, 9.17) is 0 Å². The van der Waals surface area contributed by atoms with Crippen LogP contribution in [0.5, 0.6) is 0 Å². The molecule has 0 aromatic heterocycles. The number of amides is 2. The first-order valence-corrected chi connectivity index (χ1v) is 7.14. The molecule has 0 unspecified atom stereocenters. The largest absolute Gasteiger partial charge is 0.383 e. The number of nitrogens with one attached hydrogen (secondary N) is 2. The Balaban J connectivity index is 2.13. The molecule has 2 aromatic carbocycles. The van der Waals surface area contributed by atoms with Gasteiger partial charge in [0, 0.05) is 24.3 Å². The number of imide groups is 1. The number of nitro benzene ring substituents is 1. The Morgan fingerprint density at radius 2 is 1.79 bits per heavy atom. The number of nitro groups is 1. The average Bonchev–Trinajstić information content (AvgIpc) is 2.58. The van der Waals surface area contributed by atoms with Crippen LogP contribution < -0.4 is 10.6 Å². The summed E-state index contributed by atoms with van der Waals surface area (Å²) in [5, 5.41) is 16.2. The van der Waals surface area contributed by atoms with Crippen molar-refractivity contribution in [3.05, 3.63) is 69.3 Å². The van der Waals surface area contributed by atoms with Crippen molar-refractivity contribution >= 4 is 34.8 Å². The standard InChI is InChI=1S/C17H13N3O4/c1-18-14-7-6-10(9-15(14)20(23)24)8-13-11-4-2-3-5-12(11)16(21)19-17(13)22/h2-9,18H,1H3,(H,19,21,22). The minimum atomic E-state index is -0.529. The van der Waals surface area contributed by atoms with Crippen molar-refractivity contribution < 1.29 is 14.5 Å². The number of hydrogen-bond donors (Lipinski definition) is 2. The van der Waals surface area contributed by atoms with Gasteiger partial charge in [-0.1, -0.05) is 24.3 Å². The molecule has 7 heteroatoms. The van der Waals surface area contributed by atoms with Crippen molar-refractivity contribution in [2.45, 2.75) is 0 Å². The minimum Gasteiger partial charge on any atom is -0.383 e. The maximum absolute atomic E-state index is 12.2. The van der Waals surface area contributed by atoms with Crippen LogP contribution in [-0.4, -0.2) is 23.8 Å². The van der Waals surface area contributed by atoms with Crippen LogP contribution in [0.15, 0.2) is 42.5 Å². The van der Waals surface area contributed by atoms with Gasteiger partial charge in [-0.25, -0.2) is 0 Å². The highest BCUT2D eigenvalue weighted by atomic mass is 16.6. The van der Waals surface area contributed by atoms with Crippen LogP contribution in [0.2, 0.25) is 0 Å². The van der Waals surface area contributed by atoms with Gasteiger partial charge in [-0.2, -0.15) is 0 Å². The number of rotatable bonds is 3. The lowest BCUT2D eigenvalue weighted by molar-refractivity contribution is -0.384. The minimum absolute atomic E-state index is 0.0903. The van der Waals surface area contributed by atoms with Gasteiger partial charge < -0.3 is 5.32 Å². The van der Waals surface area contributed by atoms with Crippen LogP contribution in [0.25, 0.3) is 11.6 Å². The molecule has 2 aromatic rings. The van der Waals surface area contributed by atoms with Gasteiger partial charge in [0.25, 0.3) is 17.5 Å². The zero-order valence-electron chi connectivity index (χ0n) is 12.7. The highest BCUT2D eigenvalue weighted by Crippen LogP contribution is 2.29. The Morgan fingerprint density at radius 1 is 1.08 bits per heavy atom. The third kappa shape index (κ3) is 2.63. The molecule has 3 rings (SSSR count). The summed E-state index contributed by atoms with van der Waals surface area (Å²) in [4.78, 5) is 34.7. The van der Waals surface area contributed by atoms with Crippen molar-refractivity contribution in [2.75, 3.05) is 12.4 Å². The van der Waals surface area contributed by atoms with Crippen LogP contribution in [0.4, 0.5) is 11.4 Å². The quantitative estimate of drug-likeness (QED) is 0.391. The van der Waals surface area contributed by atoms with Gasteiger partial charge in [-0.05, 0) is 29.3 Å². The number of anilines is 1. The van der Waals surface area contributed by atoms with Gasteiger partial charge in [-0.3, -0.25) is 25.0 Å². The Hall–Kier alpha value is -3.48. The van der Waals surface area contributed by atoms with Crippen molar-refractivity contribution in [3.63, 3.8) is 0 Å². The molecule has 7 nitrogen and oxygen atoms in total. The third-order valence-electron chi connectivity index (χ3n) is 3.73.